The van der Waals surface area contributed by atoms with Crippen LogP contribution in [0.4, 0.5) is 4.39 Å². The molecule has 27 heavy (non-hydrogen) atoms. The first-order valence-corrected chi connectivity index (χ1v) is 10.8. The third kappa shape index (κ3) is 6.23. The maximum Gasteiger partial charge on any atom is 0.127 e. The molecular weight excluding hydrogens is 413 g/mol. The van der Waals surface area contributed by atoms with Gasteiger partial charge in [-0.25, -0.2) is 4.39 Å². The van der Waals surface area contributed by atoms with E-state index < -0.39 is 0 Å². The molecule has 1 atom stereocenters. The largest absolute Gasteiger partial charge is 0.376 e. The summed E-state index contributed by atoms with van der Waals surface area (Å²) in [4.78, 5) is 2.32. The van der Waals surface area contributed by atoms with Gasteiger partial charge in [-0.05, 0) is 51.3 Å². The Bertz CT molecular complexity index is 605. The second kappa shape index (κ2) is 9.79. The molecule has 152 valence electrons. The highest BCUT2D eigenvalue weighted by Gasteiger charge is 2.40. The molecule has 2 fully saturated rings. The minimum Gasteiger partial charge on any atom is -0.376 e. The molecular formula is C21H31BrFNO3. The Morgan fingerprint density at radius 1 is 1.30 bits per heavy atom. The van der Waals surface area contributed by atoms with Crippen LogP contribution in [0.5, 0.6) is 0 Å². The molecule has 1 aromatic carbocycles. The highest BCUT2D eigenvalue weighted by atomic mass is 79.9. The first-order chi connectivity index (χ1) is 13.0. The summed E-state index contributed by atoms with van der Waals surface area (Å²) in [6.07, 6.45) is 4.36. The Balaban J connectivity index is 1.46. The van der Waals surface area contributed by atoms with Crippen LogP contribution in [0.25, 0.3) is 0 Å². The number of halogens is 2. The van der Waals surface area contributed by atoms with Gasteiger partial charge < -0.3 is 14.2 Å². The maximum absolute atomic E-state index is 14.0. The van der Waals surface area contributed by atoms with Crippen LogP contribution >= 0.6 is 15.9 Å². The van der Waals surface area contributed by atoms with Crippen LogP contribution in [0.1, 0.15) is 45.1 Å². The van der Waals surface area contributed by atoms with E-state index in [2.05, 4.69) is 20.8 Å². The SMILES string of the molecule is CC(C)OCCOC1CCOC2(CCN(Cc3cc(Br)ccc3F)CC2)C1. The lowest BCUT2D eigenvalue weighted by Gasteiger charge is -2.46. The van der Waals surface area contributed by atoms with Crippen molar-refractivity contribution in [2.24, 2.45) is 0 Å². The van der Waals surface area contributed by atoms with Crippen molar-refractivity contribution < 1.29 is 18.6 Å². The van der Waals surface area contributed by atoms with Crippen LogP contribution in [0.15, 0.2) is 22.7 Å². The second-order valence-electron chi connectivity index (χ2n) is 7.95. The fourth-order valence-corrected chi connectivity index (χ4v) is 4.40. The normalized spacial score (nSPS) is 23.2. The van der Waals surface area contributed by atoms with Crippen molar-refractivity contribution in [3.05, 3.63) is 34.1 Å². The van der Waals surface area contributed by atoms with E-state index in [-0.39, 0.29) is 23.6 Å². The number of likely N-dealkylation sites (tertiary alicyclic amines) is 1. The first-order valence-electron chi connectivity index (χ1n) is 9.99. The first kappa shape index (κ1) is 21.2. The summed E-state index contributed by atoms with van der Waals surface area (Å²) in [7, 11) is 0. The zero-order valence-electron chi connectivity index (χ0n) is 16.4. The Kier molecular flexibility index (Phi) is 7.68. The highest BCUT2D eigenvalue weighted by Crippen LogP contribution is 2.36. The highest BCUT2D eigenvalue weighted by molar-refractivity contribution is 9.10. The van der Waals surface area contributed by atoms with E-state index in [1.165, 1.54) is 6.07 Å². The maximum atomic E-state index is 14.0. The van der Waals surface area contributed by atoms with Crippen LogP contribution in [0.3, 0.4) is 0 Å². The molecule has 3 rings (SSSR count). The lowest BCUT2D eigenvalue weighted by atomic mass is 9.83. The summed E-state index contributed by atoms with van der Waals surface area (Å²) < 4.78 is 32.7. The average molecular weight is 444 g/mol. The second-order valence-corrected chi connectivity index (χ2v) is 8.86. The van der Waals surface area contributed by atoms with Gasteiger partial charge in [-0.15, -0.1) is 0 Å². The molecule has 2 heterocycles. The predicted octanol–water partition coefficient (Wildman–Crippen LogP) is 4.54. The van der Waals surface area contributed by atoms with Gasteiger partial charge in [0, 0.05) is 42.7 Å². The van der Waals surface area contributed by atoms with Gasteiger partial charge >= 0.3 is 0 Å². The Morgan fingerprint density at radius 3 is 2.81 bits per heavy atom. The predicted molar refractivity (Wildman–Crippen MR) is 107 cm³/mol. The number of ether oxygens (including phenoxy) is 3. The topological polar surface area (TPSA) is 30.9 Å². The molecule has 0 bridgehead atoms. The zero-order chi connectivity index (χ0) is 19.3. The van der Waals surface area contributed by atoms with Crippen LogP contribution in [-0.4, -0.2) is 55.6 Å². The van der Waals surface area contributed by atoms with Gasteiger partial charge in [-0.1, -0.05) is 15.9 Å². The summed E-state index contributed by atoms with van der Waals surface area (Å²) in [6, 6.07) is 5.15. The molecule has 0 radical (unpaired) electrons. The molecule has 0 aliphatic carbocycles. The molecule has 4 nitrogen and oxygen atoms in total. The molecule has 0 aromatic heterocycles. The molecule has 1 unspecified atom stereocenters. The van der Waals surface area contributed by atoms with E-state index in [4.69, 9.17) is 14.2 Å². The number of benzene rings is 1. The minimum atomic E-state index is -0.135. The monoisotopic (exact) mass is 443 g/mol. The van der Waals surface area contributed by atoms with E-state index in [1.54, 1.807) is 6.07 Å². The number of nitrogens with zero attached hydrogens (tertiary/aromatic N) is 1. The van der Waals surface area contributed by atoms with Crippen molar-refractivity contribution >= 4 is 15.9 Å². The molecule has 2 saturated heterocycles. The summed E-state index contributed by atoms with van der Waals surface area (Å²) in [5.41, 5.74) is 0.671. The average Bonchev–Trinajstić information content (AvgIpc) is 2.64. The van der Waals surface area contributed by atoms with Crippen LogP contribution in [-0.2, 0) is 20.8 Å². The van der Waals surface area contributed by atoms with Gasteiger partial charge in [0.05, 0.1) is 31.0 Å². The van der Waals surface area contributed by atoms with Crippen molar-refractivity contribution in [2.45, 2.75) is 63.9 Å². The van der Waals surface area contributed by atoms with Crippen molar-refractivity contribution in [3.8, 4) is 0 Å². The van der Waals surface area contributed by atoms with E-state index in [0.29, 0.717) is 19.8 Å². The quantitative estimate of drug-likeness (QED) is 0.578. The van der Waals surface area contributed by atoms with Gasteiger partial charge in [-0.2, -0.15) is 0 Å². The Morgan fingerprint density at radius 2 is 2.07 bits per heavy atom. The number of hydrogen-bond acceptors (Lipinski definition) is 4. The molecule has 1 spiro atoms. The smallest absolute Gasteiger partial charge is 0.127 e. The molecule has 0 N–H and O–H groups in total. The van der Waals surface area contributed by atoms with E-state index in [1.807, 2.05) is 19.9 Å². The standard InChI is InChI=1S/C21H31BrFNO3/c1-16(2)25-11-12-26-19-5-10-27-21(14-19)6-8-24(9-7-21)15-17-13-18(22)3-4-20(17)23/h3-4,13,16,19H,5-12,14-15H2,1-2H3. The van der Waals surface area contributed by atoms with Crippen molar-refractivity contribution in [3.63, 3.8) is 0 Å². The van der Waals surface area contributed by atoms with E-state index in [0.717, 1.165) is 55.4 Å². The fourth-order valence-electron chi connectivity index (χ4n) is 4.00. The minimum absolute atomic E-state index is 0.0753. The van der Waals surface area contributed by atoms with Crippen LogP contribution in [0, 0.1) is 5.82 Å². The van der Waals surface area contributed by atoms with Crippen molar-refractivity contribution in [1.29, 1.82) is 0 Å². The van der Waals surface area contributed by atoms with Crippen LogP contribution in [0.2, 0.25) is 0 Å². The van der Waals surface area contributed by atoms with Gasteiger partial charge in [0.15, 0.2) is 0 Å². The van der Waals surface area contributed by atoms with Gasteiger partial charge in [0.1, 0.15) is 5.82 Å². The summed E-state index contributed by atoms with van der Waals surface area (Å²) in [6.45, 7) is 8.63. The Labute approximate surface area is 170 Å². The third-order valence-electron chi connectivity index (χ3n) is 5.50. The van der Waals surface area contributed by atoms with Gasteiger partial charge in [0.2, 0.25) is 0 Å². The summed E-state index contributed by atoms with van der Waals surface area (Å²) in [5, 5.41) is 0. The van der Waals surface area contributed by atoms with Crippen LogP contribution < -0.4 is 0 Å². The molecule has 0 amide bonds. The van der Waals surface area contributed by atoms with E-state index >= 15 is 0 Å². The number of rotatable bonds is 7. The van der Waals surface area contributed by atoms with Crippen molar-refractivity contribution in [2.75, 3.05) is 32.9 Å². The fraction of sp³-hybridized carbons (Fsp3) is 0.714. The van der Waals surface area contributed by atoms with Crippen molar-refractivity contribution in [1.82, 2.24) is 4.90 Å². The van der Waals surface area contributed by atoms with E-state index in [9.17, 15) is 4.39 Å². The van der Waals surface area contributed by atoms with Gasteiger partial charge in [-0.3, -0.25) is 4.90 Å². The molecule has 6 heteroatoms. The number of hydrogen-bond donors (Lipinski definition) is 0. The summed E-state index contributed by atoms with van der Waals surface area (Å²) in [5.74, 6) is -0.135. The summed E-state index contributed by atoms with van der Waals surface area (Å²) >= 11 is 3.43. The molecule has 0 saturated carbocycles. The number of piperidine rings is 1. The lowest BCUT2D eigenvalue weighted by Crippen LogP contribution is -2.50. The Hall–Kier alpha value is -0.530. The van der Waals surface area contributed by atoms with Gasteiger partial charge in [0.25, 0.3) is 0 Å². The molecule has 2 aliphatic rings. The molecule has 1 aromatic rings. The zero-order valence-corrected chi connectivity index (χ0v) is 18.0. The third-order valence-corrected chi connectivity index (χ3v) is 6.00. The lowest BCUT2D eigenvalue weighted by molar-refractivity contribution is -0.159. The molecule has 2 aliphatic heterocycles.